The van der Waals surface area contributed by atoms with Gasteiger partial charge in [-0.3, -0.25) is 14.9 Å². The van der Waals surface area contributed by atoms with Gasteiger partial charge in [-0.2, -0.15) is 0 Å². The van der Waals surface area contributed by atoms with Crippen LogP contribution < -0.4 is 16.2 Å². The summed E-state index contributed by atoms with van der Waals surface area (Å²) in [5.41, 5.74) is 3.39. The molecule has 1 aromatic heterocycles. The zero-order chi connectivity index (χ0) is 36.3. The standard InChI is InChI=1S/C41H51N5O6/c47-36-15-13-33(34-14-16-38(49)44-40(34)36)37(48)28-42-22-7-6-12-39(50)46-26-18-29(19-27-46)17-23-45-24-20-31(21-25-45)52-41(51)43-35-11-5-4-10-32(35)30-8-2-1-3-9-30/h1-5,8-11,13-16,29,31,37,42,47-48H,6-7,12,17-28H2,(H,43,51)(H,44,49). The van der Waals surface area contributed by atoms with Gasteiger partial charge in [0, 0.05) is 56.2 Å². The van der Waals surface area contributed by atoms with Gasteiger partial charge in [0.05, 0.1) is 17.3 Å². The highest BCUT2D eigenvalue weighted by Gasteiger charge is 2.26. The number of aromatic nitrogens is 1. The average molecular weight is 710 g/mol. The van der Waals surface area contributed by atoms with Crippen LogP contribution in [0.5, 0.6) is 5.75 Å². The number of anilines is 1. The minimum atomic E-state index is -0.800. The van der Waals surface area contributed by atoms with Crippen molar-refractivity contribution in [3.05, 3.63) is 94.8 Å². The molecule has 0 saturated carbocycles. The van der Waals surface area contributed by atoms with Gasteiger partial charge in [-0.15, -0.1) is 0 Å². The maximum absolute atomic E-state index is 12.9. The van der Waals surface area contributed by atoms with Crippen molar-refractivity contribution in [1.82, 2.24) is 20.1 Å². The number of aliphatic hydroxyl groups is 1. The summed E-state index contributed by atoms with van der Waals surface area (Å²) in [7, 11) is 0. The van der Waals surface area contributed by atoms with Crippen molar-refractivity contribution in [2.45, 2.75) is 63.6 Å². The number of carbonyl (C=O) groups is 2. The lowest BCUT2D eigenvalue weighted by molar-refractivity contribution is -0.132. The van der Waals surface area contributed by atoms with Crippen molar-refractivity contribution in [3.8, 4) is 16.9 Å². The van der Waals surface area contributed by atoms with Crippen LogP contribution in [0.4, 0.5) is 10.5 Å². The van der Waals surface area contributed by atoms with Gasteiger partial charge in [0.2, 0.25) is 11.5 Å². The summed E-state index contributed by atoms with van der Waals surface area (Å²) in [6.45, 7) is 5.51. The first-order valence-corrected chi connectivity index (χ1v) is 18.7. The van der Waals surface area contributed by atoms with E-state index < -0.39 is 12.2 Å². The number of fused-ring (bicyclic) bond motifs is 1. The maximum Gasteiger partial charge on any atom is 0.411 e. The highest BCUT2D eigenvalue weighted by atomic mass is 16.6. The molecule has 1 unspecified atom stereocenters. The highest BCUT2D eigenvalue weighted by molar-refractivity contribution is 5.91. The third kappa shape index (κ3) is 9.99. The number of phenols is 1. The van der Waals surface area contributed by atoms with Crippen LogP contribution in [0.25, 0.3) is 22.0 Å². The Balaban J connectivity index is 0.813. The number of pyridine rings is 1. The second-order valence-electron chi connectivity index (χ2n) is 14.1. The van der Waals surface area contributed by atoms with E-state index in [0.717, 1.165) is 94.5 Å². The SMILES string of the molecule is O=C(Nc1ccccc1-c1ccccc1)OC1CCN(CCC2CCN(C(=O)CCCCNCC(O)c3ccc(O)c4[nH]c(=O)ccc34)CC2)CC1. The topological polar surface area (TPSA) is 147 Å². The normalized spacial score (nSPS) is 16.5. The largest absolute Gasteiger partial charge is 0.506 e. The highest BCUT2D eigenvalue weighted by Crippen LogP contribution is 2.30. The van der Waals surface area contributed by atoms with Gasteiger partial charge in [0.1, 0.15) is 11.9 Å². The molecule has 0 spiro atoms. The minimum absolute atomic E-state index is 0.0324. The van der Waals surface area contributed by atoms with E-state index in [4.69, 9.17) is 4.74 Å². The lowest BCUT2D eigenvalue weighted by Crippen LogP contribution is -2.41. The van der Waals surface area contributed by atoms with Gasteiger partial charge in [0.25, 0.3) is 0 Å². The number of phenolic OH excluding ortho intramolecular Hbond substituents is 1. The molecule has 2 saturated heterocycles. The number of para-hydroxylation sites is 1. The first-order valence-electron chi connectivity index (χ1n) is 18.7. The molecule has 0 radical (unpaired) electrons. The van der Waals surface area contributed by atoms with Crippen LogP contribution in [0.2, 0.25) is 0 Å². The Kier molecular flexibility index (Phi) is 12.9. The number of nitrogens with one attached hydrogen (secondary N) is 3. The summed E-state index contributed by atoms with van der Waals surface area (Å²) >= 11 is 0. The van der Waals surface area contributed by atoms with E-state index in [9.17, 15) is 24.6 Å². The predicted molar refractivity (Wildman–Crippen MR) is 203 cm³/mol. The molecule has 11 nitrogen and oxygen atoms in total. The number of H-pyrrole nitrogens is 1. The van der Waals surface area contributed by atoms with Gasteiger partial charge in [-0.1, -0.05) is 54.6 Å². The molecule has 3 aromatic carbocycles. The summed E-state index contributed by atoms with van der Waals surface area (Å²) in [6.07, 6.45) is 5.70. The molecule has 0 bridgehead atoms. The molecule has 11 heteroatoms. The fourth-order valence-corrected chi connectivity index (χ4v) is 7.42. The van der Waals surface area contributed by atoms with E-state index in [2.05, 4.69) is 20.5 Å². The zero-order valence-corrected chi connectivity index (χ0v) is 29.8. The number of piperidine rings is 2. The summed E-state index contributed by atoms with van der Waals surface area (Å²) in [6, 6.07) is 23.9. The van der Waals surface area contributed by atoms with Gasteiger partial charge in [0.15, 0.2) is 0 Å². The molecule has 0 aliphatic carbocycles. The lowest BCUT2D eigenvalue weighted by atomic mass is 9.92. The Bertz CT molecular complexity index is 1830. The Morgan fingerprint density at radius 1 is 0.885 bits per heavy atom. The Hall–Kier alpha value is -4.71. The number of aromatic amines is 1. The summed E-state index contributed by atoms with van der Waals surface area (Å²) in [4.78, 5) is 44.4. The van der Waals surface area contributed by atoms with Gasteiger partial charge in [-0.25, -0.2) is 4.79 Å². The quantitative estimate of drug-likeness (QED) is 0.0998. The van der Waals surface area contributed by atoms with Gasteiger partial charge < -0.3 is 35.1 Å². The molecular formula is C41H51N5O6. The van der Waals surface area contributed by atoms with E-state index in [-0.39, 0.29) is 23.3 Å². The number of hydrogen-bond donors (Lipinski definition) is 5. The van der Waals surface area contributed by atoms with E-state index >= 15 is 0 Å². The molecular weight excluding hydrogens is 658 g/mol. The second-order valence-corrected chi connectivity index (χ2v) is 14.1. The van der Waals surface area contributed by atoms with Crippen molar-refractivity contribution in [2.24, 2.45) is 5.92 Å². The number of carbonyl (C=O) groups excluding carboxylic acids is 2. The van der Waals surface area contributed by atoms with Crippen molar-refractivity contribution in [3.63, 3.8) is 0 Å². The van der Waals surface area contributed by atoms with Gasteiger partial charge in [-0.05, 0) is 93.3 Å². The van der Waals surface area contributed by atoms with Crippen LogP contribution in [-0.2, 0) is 9.53 Å². The minimum Gasteiger partial charge on any atom is -0.506 e. The van der Waals surface area contributed by atoms with E-state index in [1.54, 1.807) is 12.1 Å². The fraction of sp³-hybridized carbons (Fsp3) is 0.439. The number of nitrogens with zero attached hydrogens (tertiary/aromatic N) is 2. The molecule has 6 rings (SSSR count). The first-order chi connectivity index (χ1) is 25.3. The molecule has 2 amide bonds. The van der Waals surface area contributed by atoms with Gasteiger partial charge >= 0.3 is 6.09 Å². The second kappa shape index (κ2) is 18.2. The van der Waals surface area contributed by atoms with Crippen molar-refractivity contribution >= 4 is 28.6 Å². The lowest BCUT2D eigenvalue weighted by Gasteiger charge is -2.35. The smallest absolute Gasteiger partial charge is 0.411 e. The van der Waals surface area contributed by atoms with Crippen LogP contribution in [0.1, 0.15) is 63.0 Å². The molecule has 2 aliphatic heterocycles. The van der Waals surface area contributed by atoms with Crippen molar-refractivity contribution in [1.29, 1.82) is 0 Å². The molecule has 52 heavy (non-hydrogen) atoms. The fourth-order valence-electron chi connectivity index (χ4n) is 7.42. The monoisotopic (exact) mass is 709 g/mol. The van der Waals surface area contributed by atoms with Crippen LogP contribution >= 0.6 is 0 Å². The molecule has 4 aromatic rings. The van der Waals surface area contributed by atoms with E-state index in [1.165, 1.54) is 12.1 Å². The summed E-state index contributed by atoms with van der Waals surface area (Å²) < 4.78 is 5.81. The summed E-state index contributed by atoms with van der Waals surface area (Å²) in [5.74, 6) is 0.808. The zero-order valence-electron chi connectivity index (χ0n) is 29.8. The number of likely N-dealkylation sites (tertiary alicyclic amines) is 2. The number of amides is 2. The number of benzene rings is 3. The molecule has 276 valence electrons. The molecule has 2 aliphatic rings. The average Bonchev–Trinajstić information content (AvgIpc) is 3.17. The van der Waals surface area contributed by atoms with E-state index in [1.807, 2.05) is 59.5 Å². The molecule has 5 N–H and O–H groups in total. The first kappa shape index (κ1) is 37.1. The van der Waals surface area contributed by atoms with E-state index in [0.29, 0.717) is 41.9 Å². The molecule has 3 heterocycles. The van der Waals surface area contributed by atoms with Crippen molar-refractivity contribution in [2.75, 3.05) is 51.1 Å². The Morgan fingerprint density at radius 2 is 1.63 bits per heavy atom. The third-order valence-electron chi connectivity index (χ3n) is 10.5. The van der Waals surface area contributed by atoms with Crippen LogP contribution in [0, 0.1) is 5.92 Å². The van der Waals surface area contributed by atoms with Crippen LogP contribution in [-0.4, -0.2) is 88.9 Å². The Labute approximate surface area is 305 Å². The molecule has 1 atom stereocenters. The summed E-state index contributed by atoms with van der Waals surface area (Å²) in [5, 5.41) is 27.6. The number of ether oxygens (including phenoxy) is 1. The Morgan fingerprint density at radius 3 is 2.42 bits per heavy atom. The number of rotatable bonds is 14. The number of aliphatic hydroxyl groups excluding tert-OH is 1. The third-order valence-corrected chi connectivity index (χ3v) is 10.5. The van der Waals surface area contributed by atoms with Crippen molar-refractivity contribution < 1.29 is 24.5 Å². The van der Waals surface area contributed by atoms with Crippen LogP contribution in [0.15, 0.2) is 83.7 Å². The number of aromatic hydroxyl groups is 1. The van der Waals surface area contributed by atoms with Crippen LogP contribution in [0.3, 0.4) is 0 Å². The predicted octanol–water partition coefficient (Wildman–Crippen LogP) is 6.04. The number of hydrogen-bond acceptors (Lipinski definition) is 8. The maximum atomic E-state index is 12.9. The molecule has 2 fully saturated rings. The number of unbranched alkanes of at least 4 members (excludes halogenated alkanes) is 1.